The quantitative estimate of drug-likeness (QED) is 0.0930. The molecule has 0 saturated carbocycles. The molecule has 0 aliphatic carbocycles. The number of anilines is 1. The van der Waals surface area contributed by atoms with Crippen molar-refractivity contribution in [2.45, 2.75) is 51.4 Å². The van der Waals surface area contributed by atoms with Crippen molar-refractivity contribution in [2.75, 3.05) is 29.5 Å². The molecule has 2 aliphatic heterocycles. The van der Waals surface area contributed by atoms with Crippen molar-refractivity contribution in [1.82, 2.24) is 0 Å². The predicted octanol–water partition coefficient (Wildman–Crippen LogP) is 4.76. The van der Waals surface area contributed by atoms with Crippen LogP contribution in [0.25, 0.3) is 21.5 Å². The number of benzene rings is 4. The molecular weight excluding hydrogens is 759 g/mol. The zero-order valence-corrected chi connectivity index (χ0v) is 34.7. The molecule has 0 saturated heterocycles. The largest absolute Gasteiger partial charge is 1.00 e. The molecule has 0 radical (unpaired) electrons. The van der Waals surface area contributed by atoms with Gasteiger partial charge in [-0.15, -0.1) is 0 Å². The smallest absolute Gasteiger partial charge is 0.748 e. The Kier molecular flexibility index (Phi) is 11.7. The van der Waals surface area contributed by atoms with Crippen LogP contribution in [0.5, 0.6) is 0 Å². The zero-order chi connectivity index (χ0) is 36.1. The Hall–Kier alpha value is -2.61. The number of hydrogen-bond acceptors (Lipinski definition) is 7. The standard InChI is InChI=1S/C39H41BrN2O6S2.Na/c1-38(2)34(41(23-9-25-49(43,44)45)32-19-15-27-11-5-7-13-30(27)36(32)38)21-17-29(40)18-22-35-39(3,4)37-31-14-8-6-12-28(31)16-20-33(37)42(35)24-10-26-50(46,47)48;/h5-8,11-22H,9-10,23-26H2,1-4H3,(H-,43,44,45,46,47,48);/q;+1/p-1. The van der Waals surface area contributed by atoms with Gasteiger partial charge in [-0.3, -0.25) is 0 Å². The predicted molar refractivity (Wildman–Crippen MR) is 204 cm³/mol. The maximum Gasteiger partial charge on any atom is 1.00 e. The fourth-order valence-electron chi connectivity index (χ4n) is 7.72. The number of allylic oxidation sites excluding steroid dienone is 6. The van der Waals surface area contributed by atoms with E-state index >= 15 is 0 Å². The van der Waals surface area contributed by atoms with E-state index < -0.39 is 42.6 Å². The summed E-state index contributed by atoms with van der Waals surface area (Å²) in [6, 6.07) is 24.7. The molecule has 51 heavy (non-hydrogen) atoms. The van der Waals surface area contributed by atoms with Gasteiger partial charge in [0.2, 0.25) is 5.69 Å². The second-order valence-electron chi connectivity index (χ2n) is 14.0. The Balaban J connectivity index is 0.00000504. The number of rotatable bonds is 11. The summed E-state index contributed by atoms with van der Waals surface area (Å²) in [6.45, 7) is 9.37. The van der Waals surface area contributed by atoms with E-state index in [1.165, 1.54) is 0 Å². The summed E-state index contributed by atoms with van der Waals surface area (Å²) in [5.41, 5.74) is 5.38. The molecule has 0 fully saturated rings. The number of hydrogen-bond donors (Lipinski definition) is 0. The van der Waals surface area contributed by atoms with Crippen LogP contribution in [0.4, 0.5) is 11.4 Å². The van der Waals surface area contributed by atoms with Gasteiger partial charge in [0.1, 0.15) is 6.54 Å². The first-order chi connectivity index (χ1) is 23.5. The van der Waals surface area contributed by atoms with E-state index in [9.17, 15) is 25.9 Å². The van der Waals surface area contributed by atoms with E-state index in [1.807, 2.05) is 48.6 Å². The second-order valence-corrected chi connectivity index (χ2v) is 17.9. The van der Waals surface area contributed by atoms with Crippen LogP contribution >= 0.6 is 15.9 Å². The molecule has 0 unspecified atom stereocenters. The second kappa shape index (κ2) is 15.0. The van der Waals surface area contributed by atoms with Crippen LogP contribution in [-0.2, 0) is 31.1 Å². The summed E-state index contributed by atoms with van der Waals surface area (Å²) in [5.74, 6) is -0.878. The molecule has 0 spiro atoms. The van der Waals surface area contributed by atoms with Crippen LogP contribution in [0.15, 0.2) is 107 Å². The molecule has 12 heteroatoms. The third-order valence-corrected chi connectivity index (χ3v) is 12.0. The van der Waals surface area contributed by atoms with Gasteiger partial charge in [0.15, 0.2) is 5.71 Å². The third-order valence-electron chi connectivity index (χ3n) is 9.86. The first-order valence-corrected chi connectivity index (χ1v) is 20.5. The summed E-state index contributed by atoms with van der Waals surface area (Å²) >= 11 is 3.75. The van der Waals surface area contributed by atoms with Gasteiger partial charge in [-0.25, -0.2) is 16.8 Å². The minimum Gasteiger partial charge on any atom is -0.748 e. The minimum absolute atomic E-state index is 0. The van der Waals surface area contributed by atoms with Crippen molar-refractivity contribution < 1.29 is 60.1 Å². The molecule has 4 aromatic carbocycles. The Morgan fingerprint density at radius 1 is 0.784 bits per heavy atom. The average molecular weight is 800 g/mol. The van der Waals surface area contributed by atoms with Crippen LogP contribution < -0.4 is 34.5 Å². The van der Waals surface area contributed by atoms with Gasteiger partial charge in [0.25, 0.3) is 0 Å². The molecular formula is C39H40BrN2NaO6S2. The Labute approximate surface area is 331 Å². The fourth-order valence-corrected chi connectivity index (χ4v) is 8.95. The summed E-state index contributed by atoms with van der Waals surface area (Å²) in [5, 5.41) is 4.48. The maximum absolute atomic E-state index is 11.5. The van der Waals surface area contributed by atoms with E-state index in [0.717, 1.165) is 59.9 Å². The molecule has 2 heterocycles. The summed E-state index contributed by atoms with van der Waals surface area (Å²) in [4.78, 5) is 2.12. The van der Waals surface area contributed by atoms with Crippen LogP contribution in [-0.4, -0.2) is 60.8 Å². The van der Waals surface area contributed by atoms with Crippen molar-refractivity contribution in [1.29, 1.82) is 0 Å². The van der Waals surface area contributed by atoms with E-state index in [0.29, 0.717) is 13.1 Å². The van der Waals surface area contributed by atoms with E-state index in [4.69, 9.17) is 0 Å². The molecule has 8 nitrogen and oxygen atoms in total. The fraction of sp³-hybridized carbons (Fsp3) is 0.308. The van der Waals surface area contributed by atoms with Crippen molar-refractivity contribution in [2.24, 2.45) is 0 Å². The topological polar surface area (TPSA) is 121 Å². The summed E-state index contributed by atoms with van der Waals surface area (Å²) in [6.07, 6.45) is 8.42. The molecule has 262 valence electrons. The van der Waals surface area contributed by atoms with Crippen LogP contribution in [0.2, 0.25) is 0 Å². The molecule has 4 aromatic rings. The van der Waals surface area contributed by atoms with Gasteiger partial charge < -0.3 is 14.0 Å². The minimum atomic E-state index is -4.35. The van der Waals surface area contributed by atoms with Crippen LogP contribution in [0.3, 0.4) is 0 Å². The molecule has 0 bridgehead atoms. The Morgan fingerprint density at radius 3 is 1.98 bits per heavy atom. The van der Waals surface area contributed by atoms with Gasteiger partial charge in [-0.1, -0.05) is 84.4 Å². The molecule has 0 N–H and O–H groups in total. The Morgan fingerprint density at radius 2 is 1.35 bits per heavy atom. The number of fused-ring (bicyclic) bond motifs is 6. The third kappa shape index (κ3) is 8.16. The Bertz CT molecular complexity index is 2360. The van der Waals surface area contributed by atoms with Gasteiger partial charge in [0, 0.05) is 63.5 Å². The van der Waals surface area contributed by atoms with E-state index in [2.05, 4.69) is 102 Å². The van der Waals surface area contributed by atoms with Gasteiger partial charge in [-0.05, 0) is 77.7 Å². The van der Waals surface area contributed by atoms with Crippen LogP contribution in [0, 0.1) is 0 Å². The molecule has 6 rings (SSSR count). The van der Waals surface area contributed by atoms with E-state index in [1.54, 1.807) is 0 Å². The first kappa shape index (κ1) is 39.6. The van der Waals surface area contributed by atoms with Crippen molar-refractivity contribution in [3.8, 4) is 0 Å². The summed E-state index contributed by atoms with van der Waals surface area (Å²) < 4.78 is 71.8. The average Bonchev–Trinajstić information content (AvgIpc) is 3.39. The van der Waals surface area contributed by atoms with Gasteiger partial charge >= 0.3 is 29.6 Å². The van der Waals surface area contributed by atoms with Crippen molar-refractivity contribution in [3.63, 3.8) is 0 Å². The van der Waals surface area contributed by atoms with Crippen molar-refractivity contribution in [3.05, 3.63) is 118 Å². The zero-order valence-electron chi connectivity index (χ0n) is 29.5. The van der Waals surface area contributed by atoms with Crippen molar-refractivity contribution >= 4 is 74.8 Å². The van der Waals surface area contributed by atoms with Gasteiger partial charge in [0.05, 0.1) is 25.7 Å². The molecule has 0 atom stereocenters. The first-order valence-electron chi connectivity index (χ1n) is 16.6. The molecule has 2 aliphatic rings. The number of halogens is 1. The van der Waals surface area contributed by atoms with E-state index in [-0.39, 0.29) is 42.4 Å². The normalized spacial score (nSPS) is 17.8. The molecule has 0 amide bonds. The summed E-state index contributed by atoms with van der Waals surface area (Å²) in [7, 11) is -8.70. The van der Waals surface area contributed by atoms with Gasteiger partial charge in [-0.2, -0.15) is 4.58 Å². The van der Waals surface area contributed by atoms with Crippen LogP contribution in [0.1, 0.15) is 51.7 Å². The number of nitrogens with zero attached hydrogens (tertiary/aromatic N) is 2. The monoisotopic (exact) mass is 798 g/mol. The SMILES string of the molecule is CC1(C)C(/C=C/C(Br)=C/C=C2/N(CCCS(=O)(=O)[O-])c3ccc4ccccc4c3C2(C)C)=[N+](CCCS(=O)(=O)[O-])c2ccc3ccccc3c21.[Na+]. The maximum atomic E-state index is 11.5. The molecule has 0 aromatic heterocycles.